The fourth-order valence-electron chi connectivity index (χ4n) is 1.87. The first-order chi connectivity index (χ1) is 9.72. The molecule has 0 fully saturated rings. The highest BCUT2D eigenvalue weighted by Crippen LogP contribution is 2.20. The molecule has 0 saturated heterocycles. The third kappa shape index (κ3) is 2.55. The second kappa shape index (κ2) is 5.18. The van der Waals surface area contributed by atoms with Crippen molar-refractivity contribution in [2.24, 2.45) is 5.73 Å². The lowest BCUT2D eigenvalue weighted by molar-refractivity contribution is 0.354. The van der Waals surface area contributed by atoms with Crippen LogP contribution in [0, 0.1) is 0 Å². The van der Waals surface area contributed by atoms with Crippen LogP contribution in [0.5, 0.6) is 5.75 Å². The first-order valence-corrected chi connectivity index (χ1v) is 6.12. The van der Waals surface area contributed by atoms with Crippen molar-refractivity contribution in [3.8, 4) is 17.1 Å². The maximum atomic E-state index is 9.24. The lowest BCUT2D eigenvalue weighted by atomic mass is 10.1. The van der Waals surface area contributed by atoms with Gasteiger partial charge in [0.25, 0.3) is 0 Å². The Labute approximate surface area is 114 Å². The van der Waals surface area contributed by atoms with Crippen molar-refractivity contribution >= 4 is 0 Å². The van der Waals surface area contributed by atoms with Crippen LogP contribution < -0.4 is 5.73 Å². The number of aromatic hydroxyl groups is 1. The van der Waals surface area contributed by atoms with E-state index in [2.05, 4.69) is 10.1 Å². The average molecular weight is 271 g/mol. The van der Waals surface area contributed by atoms with Crippen LogP contribution in [0.4, 0.5) is 0 Å². The summed E-state index contributed by atoms with van der Waals surface area (Å²) in [6, 6.07) is 8.21. The van der Waals surface area contributed by atoms with Gasteiger partial charge in [0.15, 0.2) is 0 Å². The third-order valence-electron chi connectivity index (χ3n) is 2.93. The minimum Gasteiger partial charge on any atom is -0.508 e. The molecule has 0 spiro atoms. The van der Waals surface area contributed by atoms with E-state index in [0.717, 1.165) is 11.1 Å². The Balaban J connectivity index is 1.74. The fourth-order valence-corrected chi connectivity index (χ4v) is 1.87. The average Bonchev–Trinajstić information content (AvgIpc) is 3.11. The van der Waals surface area contributed by atoms with E-state index < -0.39 is 6.04 Å². The molecule has 3 N–H and O–H groups in total. The van der Waals surface area contributed by atoms with Crippen LogP contribution in [0.25, 0.3) is 11.4 Å². The quantitative estimate of drug-likeness (QED) is 0.755. The second-order valence-corrected chi connectivity index (χ2v) is 4.45. The number of phenols is 1. The highest BCUT2D eigenvalue weighted by Gasteiger charge is 2.16. The van der Waals surface area contributed by atoms with Crippen molar-refractivity contribution in [3.63, 3.8) is 0 Å². The minimum absolute atomic E-state index is 0.224. The van der Waals surface area contributed by atoms with Gasteiger partial charge in [0.1, 0.15) is 12.0 Å². The molecule has 0 aliphatic rings. The van der Waals surface area contributed by atoms with Crippen LogP contribution in [0.1, 0.15) is 17.5 Å². The first-order valence-electron chi connectivity index (χ1n) is 6.12. The zero-order valence-corrected chi connectivity index (χ0v) is 10.6. The van der Waals surface area contributed by atoms with Crippen molar-refractivity contribution in [2.75, 3.05) is 0 Å². The van der Waals surface area contributed by atoms with Gasteiger partial charge in [-0.25, -0.2) is 0 Å². The summed E-state index contributed by atoms with van der Waals surface area (Å²) in [5.41, 5.74) is 7.78. The van der Waals surface area contributed by atoms with Gasteiger partial charge in [-0.2, -0.15) is 4.98 Å². The highest BCUT2D eigenvalue weighted by atomic mass is 16.5. The molecule has 0 bridgehead atoms. The van der Waals surface area contributed by atoms with Crippen molar-refractivity contribution in [3.05, 3.63) is 54.3 Å². The van der Waals surface area contributed by atoms with Gasteiger partial charge < -0.3 is 19.8 Å². The van der Waals surface area contributed by atoms with Crippen molar-refractivity contribution in [2.45, 2.75) is 12.5 Å². The lowest BCUT2D eigenvalue weighted by Gasteiger charge is -2.06. The minimum atomic E-state index is -0.396. The number of nitrogens with two attached hydrogens (primary N) is 1. The number of phenolic OH excluding ortho intramolecular Hbond substituents is 1. The van der Waals surface area contributed by atoms with E-state index in [1.54, 1.807) is 30.7 Å². The molecule has 2 heterocycles. The zero-order valence-electron chi connectivity index (χ0n) is 10.6. The van der Waals surface area contributed by atoms with Gasteiger partial charge in [0.05, 0.1) is 17.9 Å². The maximum Gasteiger partial charge on any atom is 0.244 e. The van der Waals surface area contributed by atoms with Gasteiger partial charge in [-0.3, -0.25) is 0 Å². The smallest absolute Gasteiger partial charge is 0.244 e. The molecule has 0 amide bonds. The van der Waals surface area contributed by atoms with Crippen LogP contribution in [0.15, 0.2) is 51.8 Å². The second-order valence-electron chi connectivity index (χ2n) is 4.45. The van der Waals surface area contributed by atoms with E-state index in [4.69, 9.17) is 14.7 Å². The van der Waals surface area contributed by atoms with Crippen LogP contribution >= 0.6 is 0 Å². The molecule has 0 radical (unpaired) electrons. The molecule has 0 aliphatic carbocycles. The fraction of sp³-hybridized carbons (Fsp3) is 0.143. The Morgan fingerprint density at radius 2 is 2.00 bits per heavy atom. The van der Waals surface area contributed by atoms with E-state index in [1.165, 1.54) is 0 Å². The molecule has 0 aliphatic heterocycles. The lowest BCUT2D eigenvalue weighted by Crippen LogP contribution is -2.13. The Kier molecular flexibility index (Phi) is 3.22. The number of furan rings is 1. The molecule has 0 unspecified atom stereocenters. The molecule has 20 heavy (non-hydrogen) atoms. The molecular weight excluding hydrogens is 258 g/mol. The predicted octanol–water partition coefficient (Wildman–Crippen LogP) is 2.28. The van der Waals surface area contributed by atoms with Crippen LogP contribution in [-0.2, 0) is 6.42 Å². The predicted molar refractivity (Wildman–Crippen MR) is 70.7 cm³/mol. The largest absolute Gasteiger partial charge is 0.508 e. The zero-order chi connectivity index (χ0) is 13.9. The number of benzene rings is 1. The van der Waals surface area contributed by atoms with Gasteiger partial charge >= 0.3 is 0 Å². The molecule has 1 aromatic carbocycles. The van der Waals surface area contributed by atoms with Crippen molar-refractivity contribution in [1.29, 1.82) is 0 Å². The number of aromatic nitrogens is 2. The molecule has 6 heteroatoms. The van der Waals surface area contributed by atoms with E-state index in [9.17, 15) is 5.11 Å². The number of nitrogens with zero attached hydrogens (tertiary/aromatic N) is 2. The van der Waals surface area contributed by atoms with Gasteiger partial charge in [0, 0.05) is 0 Å². The first kappa shape index (κ1) is 12.4. The molecule has 2 aromatic heterocycles. The summed E-state index contributed by atoms with van der Waals surface area (Å²) in [7, 11) is 0. The van der Waals surface area contributed by atoms with Crippen molar-refractivity contribution < 1.29 is 14.0 Å². The number of rotatable bonds is 4. The highest BCUT2D eigenvalue weighted by molar-refractivity contribution is 5.51. The summed E-state index contributed by atoms with van der Waals surface area (Å²) in [6.45, 7) is 0. The van der Waals surface area contributed by atoms with Gasteiger partial charge in [0.2, 0.25) is 11.7 Å². The monoisotopic (exact) mass is 271 g/mol. The Hall–Kier alpha value is -2.60. The van der Waals surface area contributed by atoms with Gasteiger partial charge in [-0.15, -0.1) is 0 Å². The van der Waals surface area contributed by atoms with Gasteiger partial charge in [-0.1, -0.05) is 17.3 Å². The van der Waals surface area contributed by atoms with Crippen LogP contribution in [0.3, 0.4) is 0 Å². The van der Waals surface area contributed by atoms with Crippen LogP contribution in [-0.4, -0.2) is 15.2 Å². The Morgan fingerprint density at radius 3 is 2.70 bits per heavy atom. The van der Waals surface area contributed by atoms with E-state index in [-0.39, 0.29) is 5.75 Å². The number of hydrogen-bond donors (Lipinski definition) is 2. The summed E-state index contributed by atoms with van der Waals surface area (Å²) in [4.78, 5) is 4.25. The Bertz CT molecular complexity index is 674. The van der Waals surface area contributed by atoms with Crippen LogP contribution in [0.2, 0.25) is 0 Å². The molecule has 3 aromatic rings. The van der Waals surface area contributed by atoms with Gasteiger partial charge in [-0.05, 0) is 30.2 Å². The maximum absolute atomic E-state index is 9.24. The van der Waals surface area contributed by atoms with E-state index >= 15 is 0 Å². The SMILES string of the molecule is N[C@H](Cc1ccc(O)cc1)c1nc(-c2ccoc2)no1. The third-order valence-corrected chi connectivity index (χ3v) is 2.93. The number of hydrogen-bond acceptors (Lipinski definition) is 6. The molecule has 102 valence electrons. The summed E-state index contributed by atoms with van der Waals surface area (Å²) < 4.78 is 10.1. The Morgan fingerprint density at radius 1 is 1.20 bits per heavy atom. The summed E-state index contributed by atoms with van der Waals surface area (Å²) >= 11 is 0. The molecule has 3 rings (SSSR count). The summed E-state index contributed by atoms with van der Waals surface area (Å²) in [6.07, 6.45) is 3.63. The summed E-state index contributed by atoms with van der Waals surface area (Å²) in [5.74, 6) is 1.05. The summed E-state index contributed by atoms with van der Waals surface area (Å²) in [5, 5.41) is 13.1. The molecule has 6 nitrogen and oxygen atoms in total. The standard InChI is InChI=1S/C14H13N3O3/c15-12(7-9-1-3-11(18)4-2-9)14-16-13(17-20-14)10-5-6-19-8-10/h1-6,8,12,18H,7,15H2/t12-/m1/s1. The van der Waals surface area contributed by atoms with E-state index in [1.807, 2.05) is 12.1 Å². The van der Waals surface area contributed by atoms with Crippen molar-refractivity contribution in [1.82, 2.24) is 10.1 Å². The normalized spacial score (nSPS) is 12.4. The molecular formula is C14H13N3O3. The van der Waals surface area contributed by atoms with E-state index in [0.29, 0.717) is 18.1 Å². The molecule has 0 saturated carbocycles. The topological polar surface area (TPSA) is 98.3 Å². The molecule has 1 atom stereocenters.